The van der Waals surface area contributed by atoms with Crippen LogP contribution in [0.5, 0.6) is 0 Å². The maximum absolute atomic E-state index is 12.3. The number of carbonyl (C=O) groups excluding carboxylic acids is 1. The molecule has 0 aliphatic heterocycles. The molecule has 0 bridgehead atoms. The number of aromatic nitrogens is 2. The predicted molar refractivity (Wildman–Crippen MR) is 94.2 cm³/mol. The Morgan fingerprint density at radius 1 is 1.32 bits per heavy atom. The van der Waals surface area contributed by atoms with E-state index in [9.17, 15) is 4.79 Å². The van der Waals surface area contributed by atoms with Crippen LogP contribution >= 0.6 is 0 Å². The van der Waals surface area contributed by atoms with Crippen molar-refractivity contribution in [1.29, 1.82) is 0 Å². The van der Waals surface area contributed by atoms with E-state index in [0.717, 1.165) is 12.0 Å². The van der Waals surface area contributed by atoms with Crippen LogP contribution in [0.15, 0.2) is 28.7 Å². The van der Waals surface area contributed by atoms with Crippen molar-refractivity contribution in [2.45, 2.75) is 45.6 Å². The Hall–Kier alpha value is -2.21. The molecule has 3 rings (SSSR count). The van der Waals surface area contributed by atoms with E-state index in [4.69, 9.17) is 9.15 Å². The van der Waals surface area contributed by atoms with Gasteiger partial charge in [0.25, 0.3) is 5.91 Å². The molecule has 134 valence electrons. The summed E-state index contributed by atoms with van der Waals surface area (Å²) in [5, 5.41) is 10.7. The molecule has 1 aliphatic carbocycles. The third-order valence-corrected chi connectivity index (χ3v) is 4.65. The standard InChI is InChI=1S/C19H25N3O3/c1-13-6-3-4-9-17(13)24-11-10-20-18(23)15-7-5-8-16(12-15)19-22-21-14(2)25-19/h5,7-8,12-13,17H,3-4,6,9-11H2,1-2H3,(H,20,23). The molecule has 1 aromatic carbocycles. The van der Waals surface area contributed by atoms with Crippen LogP contribution in [0.1, 0.15) is 48.9 Å². The second-order valence-electron chi connectivity index (χ2n) is 6.63. The van der Waals surface area contributed by atoms with Crippen molar-refractivity contribution in [3.8, 4) is 11.5 Å². The minimum Gasteiger partial charge on any atom is -0.421 e. The molecule has 1 amide bonds. The highest BCUT2D eigenvalue weighted by atomic mass is 16.5. The van der Waals surface area contributed by atoms with Crippen LogP contribution in [0.2, 0.25) is 0 Å². The van der Waals surface area contributed by atoms with E-state index in [1.54, 1.807) is 19.1 Å². The lowest BCUT2D eigenvalue weighted by atomic mass is 9.88. The van der Waals surface area contributed by atoms with E-state index >= 15 is 0 Å². The molecule has 2 atom stereocenters. The lowest BCUT2D eigenvalue weighted by Crippen LogP contribution is -2.31. The van der Waals surface area contributed by atoms with Crippen LogP contribution in [0.25, 0.3) is 11.5 Å². The summed E-state index contributed by atoms with van der Waals surface area (Å²) in [7, 11) is 0. The quantitative estimate of drug-likeness (QED) is 0.814. The molecule has 25 heavy (non-hydrogen) atoms. The molecule has 6 heteroatoms. The monoisotopic (exact) mass is 343 g/mol. The molecule has 0 saturated heterocycles. The maximum atomic E-state index is 12.3. The molecule has 1 aromatic heterocycles. The zero-order chi connectivity index (χ0) is 17.6. The van der Waals surface area contributed by atoms with Crippen LogP contribution in [0.4, 0.5) is 0 Å². The fourth-order valence-electron chi connectivity index (χ4n) is 3.21. The van der Waals surface area contributed by atoms with Crippen molar-refractivity contribution >= 4 is 5.91 Å². The predicted octanol–water partition coefficient (Wildman–Crippen LogP) is 3.37. The Morgan fingerprint density at radius 3 is 2.92 bits per heavy atom. The van der Waals surface area contributed by atoms with Crippen LogP contribution in [-0.4, -0.2) is 35.4 Å². The maximum Gasteiger partial charge on any atom is 0.251 e. The van der Waals surface area contributed by atoms with Crippen LogP contribution in [-0.2, 0) is 4.74 Å². The number of nitrogens with one attached hydrogen (secondary N) is 1. The summed E-state index contributed by atoms with van der Waals surface area (Å²) >= 11 is 0. The topological polar surface area (TPSA) is 77.2 Å². The first kappa shape index (κ1) is 17.6. The minimum atomic E-state index is -0.127. The zero-order valence-corrected chi connectivity index (χ0v) is 14.8. The van der Waals surface area contributed by atoms with Gasteiger partial charge in [-0.3, -0.25) is 4.79 Å². The normalized spacial score (nSPS) is 20.4. The van der Waals surface area contributed by atoms with E-state index in [-0.39, 0.29) is 5.91 Å². The molecule has 2 aromatic rings. The van der Waals surface area contributed by atoms with Crippen LogP contribution in [0, 0.1) is 12.8 Å². The third kappa shape index (κ3) is 4.66. The lowest BCUT2D eigenvalue weighted by molar-refractivity contribution is -0.00293. The molecular formula is C19H25N3O3. The number of aryl methyl sites for hydroxylation is 1. The number of carbonyl (C=O) groups is 1. The second-order valence-corrected chi connectivity index (χ2v) is 6.63. The highest BCUT2D eigenvalue weighted by Crippen LogP contribution is 2.26. The Labute approximate surface area is 148 Å². The van der Waals surface area contributed by atoms with Crippen molar-refractivity contribution in [3.05, 3.63) is 35.7 Å². The SMILES string of the molecule is Cc1nnc(-c2cccc(C(=O)NCCOC3CCCCC3C)c2)o1. The Morgan fingerprint density at radius 2 is 2.16 bits per heavy atom. The average molecular weight is 343 g/mol. The third-order valence-electron chi connectivity index (χ3n) is 4.65. The second kappa shape index (κ2) is 8.25. The van der Waals surface area contributed by atoms with Gasteiger partial charge in [-0.1, -0.05) is 25.8 Å². The van der Waals surface area contributed by atoms with Gasteiger partial charge in [-0.25, -0.2) is 0 Å². The van der Waals surface area contributed by atoms with Gasteiger partial charge in [0.2, 0.25) is 11.8 Å². The number of nitrogens with zero attached hydrogens (tertiary/aromatic N) is 2. The van der Waals surface area contributed by atoms with Crippen molar-refractivity contribution in [1.82, 2.24) is 15.5 Å². The van der Waals surface area contributed by atoms with Crippen molar-refractivity contribution in [2.75, 3.05) is 13.2 Å². The van der Waals surface area contributed by atoms with Crippen molar-refractivity contribution < 1.29 is 13.9 Å². The van der Waals surface area contributed by atoms with Gasteiger partial charge < -0.3 is 14.5 Å². The number of hydrogen-bond donors (Lipinski definition) is 1. The smallest absolute Gasteiger partial charge is 0.251 e. The first-order valence-electron chi connectivity index (χ1n) is 8.94. The first-order chi connectivity index (χ1) is 12.1. The Bertz CT molecular complexity index is 713. The number of amides is 1. The zero-order valence-electron chi connectivity index (χ0n) is 14.8. The summed E-state index contributed by atoms with van der Waals surface area (Å²) < 4.78 is 11.3. The fraction of sp³-hybridized carbons (Fsp3) is 0.526. The highest BCUT2D eigenvalue weighted by Gasteiger charge is 2.21. The number of benzene rings is 1. The number of ether oxygens (including phenoxy) is 1. The molecular weight excluding hydrogens is 318 g/mol. The molecule has 1 saturated carbocycles. The Kier molecular flexibility index (Phi) is 5.81. The molecule has 2 unspecified atom stereocenters. The largest absolute Gasteiger partial charge is 0.421 e. The van der Waals surface area contributed by atoms with Gasteiger partial charge >= 0.3 is 0 Å². The molecule has 1 heterocycles. The number of hydrogen-bond acceptors (Lipinski definition) is 5. The van der Waals surface area contributed by atoms with Gasteiger partial charge in [0.15, 0.2) is 0 Å². The summed E-state index contributed by atoms with van der Waals surface area (Å²) in [4.78, 5) is 12.3. The molecule has 1 N–H and O–H groups in total. The van der Waals surface area contributed by atoms with Gasteiger partial charge in [-0.15, -0.1) is 10.2 Å². The lowest BCUT2D eigenvalue weighted by Gasteiger charge is -2.28. The van der Waals surface area contributed by atoms with Crippen molar-refractivity contribution in [2.24, 2.45) is 5.92 Å². The fourth-order valence-corrected chi connectivity index (χ4v) is 3.21. The van der Waals surface area contributed by atoms with Crippen molar-refractivity contribution in [3.63, 3.8) is 0 Å². The van der Waals surface area contributed by atoms with E-state index in [1.165, 1.54) is 19.3 Å². The van der Waals surface area contributed by atoms with E-state index in [2.05, 4.69) is 22.4 Å². The molecule has 0 spiro atoms. The number of rotatable bonds is 6. The molecule has 1 fully saturated rings. The average Bonchev–Trinajstić information content (AvgIpc) is 3.06. The molecule has 1 aliphatic rings. The highest BCUT2D eigenvalue weighted by molar-refractivity contribution is 5.95. The summed E-state index contributed by atoms with van der Waals surface area (Å²) in [5.41, 5.74) is 1.31. The molecule has 6 nitrogen and oxygen atoms in total. The van der Waals surface area contributed by atoms with E-state index in [0.29, 0.717) is 42.5 Å². The Balaban J connectivity index is 1.50. The van der Waals surface area contributed by atoms with Gasteiger partial charge in [0.05, 0.1) is 12.7 Å². The minimum absolute atomic E-state index is 0.127. The van der Waals surface area contributed by atoms with Gasteiger partial charge in [0.1, 0.15) is 0 Å². The summed E-state index contributed by atoms with van der Waals surface area (Å²) in [6, 6.07) is 7.18. The molecule has 0 radical (unpaired) electrons. The van der Waals surface area contributed by atoms with Gasteiger partial charge in [-0.2, -0.15) is 0 Å². The van der Waals surface area contributed by atoms with Crippen LogP contribution in [0.3, 0.4) is 0 Å². The van der Waals surface area contributed by atoms with E-state index < -0.39 is 0 Å². The van der Waals surface area contributed by atoms with Gasteiger partial charge in [-0.05, 0) is 37.0 Å². The summed E-state index contributed by atoms with van der Waals surface area (Å²) in [6.45, 7) is 5.03. The van der Waals surface area contributed by atoms with E-state index in [1.807, 2.05) is 12.1 Å². The summed E-state index contributed by atoms with van der Waals surface area (Å²) in [5.74, 6) is 1.40. The first-order valence-corrected chi connectivity index (χ1v) is 8.94. The summed E-state index contributed by atoms with van der Waals surface area (Å²) in [6.07, 6.45) is 5.23. The van der Waals surface area contributed by atoms with Crippen LogP contribution < -0.4 is 5.32 Å². The van der Waals surface area contributed by atoms with Gasteiger partial charge in [0, 0.05) is 24.6 Å².